The minimum absolute atomic E-state index is 0.371. The van der Waals surface area contributed by atoms with Crippen molar-refractivity contribution in [2.45, 2.75) is 12.8 Å². The van der Waals surface area contributed by atoms with E-state index < -0.39 is 5.91 Å². The van der Waals surface area contributed by atoms with Gasteiger partial charge in [0.1, 0.15) is 6.61 Å². The normalized spacial score (nSPS) is 31.2. The van der Waals surface area contributed by atoms with Gasteiger partial charge in [-0.05, 0) is 6.92 Å². The monoisotopic (exact) mass is 129 g/mol. The summed E-state index contributed by atoms with van der Waals surface area (Å²) in [4.78, 5) is 13.0. The predicted molar refractivity (Wildman–Crippen MR) is 28.4 cm³/mol. The Morgan fingerprint density at radius 3 is 3.00 bits per heavy atom. The summed E-state index contributed by atoms with van der Waals surface area (Å²) in [6, 6.07) is 0. The van der Waals surface area contributed by atoms with Gasteiger partial charge in [0.15, 0.2) is 0 Å². The summed E-state index contributed by atoms with van der Waals surface area (Å²) in [7, 11) is 0. The number of hydrogen-bond donors (Lipinski definition) is 0. The Labute approximate surface area is 52.5 Å². The molecule has 50 valence electrons. The number of hydrogen-bond acceptors (Lipinski definition) is 4. The Balaban J connectivity index is 2.42. The van der Waals surface area contributed by atoms with Crippen LogP contribution in [0.15, 0.2) is 4.99 Å². The minimum atomic E-state index is -0.948. The highest BCUT2D eigenvalue weighted by Gasteiger charge is 2.46. The van der Waals surface area contributed by atoms with Crippen LogP contribution in [0, 0.1) is 0 Å². The molecule has 1 saturated heterocycles. The topological polar surface area (TPSA) is 51.2 Å². The van der Waals surface area contributed by atoms with Crippen molar-refractivity contribution in [2.24, 2.45) is 4.99 Å². The molecule has 0 saturated carbocycles. The molecule has 0 aliphatic carbocycles. The zero-order valence-electron chi connectivity index (χ0n) is 5.09. The summed E-state index contributed by atoms with van der Waals surface area (Å²) in [5.41, 5.74) is 0. The van der Waals surface area contributed by atoms with Gasteiger partial charge in [0, 0.05) is 6.61 Å². The lowest BCUT2D eigenvalue weighted by Crippen LogP contribution is -2.11. The maximum atomic E-state index is 9.68. The van der Waals surface area contributed by atoms with Crippen molar-refractivity contribution in [1.29, 1.82) is 0 Å². The van der Waals surface area contributed by atoms with Gasteiger partial charge in [-0.15, -0.1) is 4.99 Å². The van der Waals surface area contributed by atoms with E-state index in [-0.39, 0.29) is 0 Å². The Hall–Kier alpha value is -0.700. The molecule has 0 amide bonds. The van der Waals surface area contributed by atoms with Gasteiger partial charge in [0.25, 0.3) is 0 Å². The molecule has 0 aromatic heterocycles. The van der Waals surface area contributed by atoms with Gasteiger partial charge in [-0.2, -0.15) is 0 Å². The van der Waals surface area contributed by atoms with E-state index in [0.29, 0.717) is 13.2 Å². The fourth-order valence-corrected chi connectivity index (χ4v) is 0.537. The lowest BCUT2D eigenvalue weighted by molar-refractivity contribution is -0.0299. The summed E-state index contributed by atoms with van der Waals surface area (Å²) in [6.45, 7) is 2.67. The molecule has 0 N–H and O–H groups in total. The molecule has 0 bridgehead atoms. The van der Waals surface area contributed by atoms with Crippen molar-refractivity contribution in [3.05, 3.63) is 0 Å². The molecular weight excluding hydrogens is 122 g/mol. The molecule has 1 atom stereocenters. The van der Waals surface area contributed by atoms with E-state index in [1.54, 1.807) is 0 Å². The number of nitrogens with zero attached hydrogens (tertiary/aromatic N) is 1. The highest BCUT2D eigenvalue weighted by molar-refractivity contribution is 5.34. The van der Waals surface area contributed by atoms with Crippen LogP contribution in [0.25, 0.3) is 0 Å². The van der Waals surface area contributed by atoms with Crippen LogP contribution in [-0.4, -0.2) is 25.2 Å². The predicted octanol–water partition coefficient (Wildman–Crippen LogP) is 0.0427. The zero-order valence-corrected chi connectivity index (χ0v) is 5.09. The summed E-state index contributed by atoms with van der Waals surface area (Å²) < 4.78 is 9.65. The van der Waals surface area contributed by atoms with Gasteiger partial charge in [-0.25, -0.2) is 4.79 Å². The van der Waals surface area contributed by atoms with Crippen LogP contribution in [0.5, 0.6) is 0 Å². The largest absolute Gasteiger partial charge is 0.329 e. The van der Waals surface area contributed by atoms with Gasteiger partial charge >= 0.3 is 5.91 Å². The SMILES string of the molecule is CCOC1(N=C=O)CO1. The highest BCUT2D eigenvalue weighted by Crippen LogP contribution is 2.28. The molecule has 1 aliphatic heterocycles. The second-order valence-electron chi connectivity index (χ2n) is 1.64. The standard InChI is InChI=1S/C5H7NO3/c1-2-8-5(3-9-5)6-4-7/h2-3H2,1H3. The van der Waals surface area contributed by atoms with E-state index in [9.17, 15) is 4.79 Å². The molecule has 0 radical (unpaired) electrons. The van der Waals surface area contributed by atoms with E-state index >= 15 is 0 Å². The Bertz CT molecular complexity index is 146. The molecule has 1 rings (SSSR count). The van der Waals surface area contributed by atoms with Crippen LogP contribution in [0.3, 0.4) is 0 Å². The molecule has 1 fully saturated rings. The molecule has 0 aromatic rings. The number of isocyanates is 1. The number of carbonyl (C=O) groups excluding carboxylic acids is 1. The highest BCUT2D eigenvalue weighted by atomic mass is 16.8. The van der Waals surface area contributed by atoms with Gasteiger partial charge in [0.2, 0.25) is 6.08 Å². The van der Waals surface area contributed by atoms with Crippen molar-refractivity contribution < 1.29 is 14.3 Å². The van der Waals surface area contributed by atoms with E-state index in [2.05, 4.69) is 4.99 Å². The molecule has 4 heteroatoms. The smallest absolute Gasteiger partial charge is 0.305 e. The maximum Gasteiger partial charge on any atom is 0.305 e. The second kappa shape index (κ2) is 2.27. The molecule has 1 unspecified atom stereocenters. The minimum Gasteiger partial charge on any atom is -0.329 e. The van der Waals surface area contributed by atoms with E-state index in [1.165, 1.54) is 6.08 Å². The van der Waals surface area contributed by atoms with Crippen LogP contribution in [-0.2, 0) is 14.3 Å². The zero-order chi connectivity index (χ0) is 6.74. The second-order valence-corrected chi connectivity index (χ2v) is 1.64. The fourth-order valence-electron chi connectivity index (χ4n) is 0.537. The summed E-state index contributed by atoms with van der Waals surface area (Å²) in [5, 5.41) is 0. The van der Waals surface area contributed by atoms with Gasteiger partial charge < -0.3 is 9.47 Å². The average molecular weight is 129 g/mol. The van der Waals surface area contributed by atoms with Gasteiger partial charge in [-0.3, -0.25) is 0 Å². The van der Waals surface area contributed by atoms with Gasteiger partial charge in [-0.1, -0.05) is 0 Å². The fraction of sp³-hybridized carbons (Fsp3) is 0.800. The first-order chi connectivity index (χ1) is 4.33. The van der Waals surface area contributed by atoms with Crippen molar-refractivity contribution in [1.82, 2.24) is 0 Å². The number of ether oxygens (including phenoxy) is 2. The van der Waals surface area contributed by atoms with E-state index in [4.69, 9.17) is 9.47 Å². The molecule has 9 heavy (non-hydrogen) atoms. The Morgan fingerprint density at radius 2 is 2.67 bits per heavy atom. The third-order valence-corrected chi connectivity index (χ3v) is 0.977. The lowest BCUT2D eigenvalue weighted by atomic mass is 10.7. The van der Waals surface area contributed by atoms with Crippen molar-refractivity contribution in [2.75, 3.05) is 13.2 Å². The first-order valence-electron chi connectivity index (χ1n) is 2.70. The van der Waals surface area contributed by atoms with Crippen molar-refractivity contribution in [3.8, 4) is 0 Å². The maximum absolute atomic E-state index is 9.68. The third-order valence-electron chi connectivity index (χ3n) is 0.977. The van der Waals surface area contributed by atoms with Crippen LogP contribution in [0.4, 0.5) is 0 Å². The summed E-state index contributed by atoms with van der Waals surface area (Å²) in [5.74, 6) is -0.948. The average Bonchev–Trinajstić information content (AvgIpc) is 2.51. The number of epoxide rings is 1. The van der Waals surface area contributed by atoms with Crippen LogP contribution >= 0.6 is 0 Å². The summed E-state index contributed by atoms with van der Waals surface area (Å²) in [6.07, 6.45) is 1.38. The first-order valence-corrected chi connectivity index (χ1v) is 2.70. The van der Waals surface area contributed by atoms with Crippen molar-refractivity contribution >= 4 is 6.08 Å². The molecule has 0 spiro atoms. The van der Waals surface area contributed by atoms with Crippen LogP contribution in [0.1, 0.15) is 6.92 Å². The quantitative estimate of drug-likeness (QED) is 0.307. The van der Waals surface area contributed by atoms with Gasteiger partial charge in [0.05, 0.1) is 0 Å². The van der Waals surface area contributed by atoms with E-state index in [0.717, 1.165) is 0 Å². The van der Waals surface area contributed by atoms with Crippen LogP contribution in [0.2, 0.25) is 0 Å². The Kier molecular flexibility index (Phi) is 1.62. The van der Waals surface area contributed by atoms with E-state index in [1.807, 2.05) is 6.92 Å². The molecule has 1 heterocycles. The van der Waals surface area contributed by atoms with Crippen molar-refractivity contribution in [3.63, 3.8) is 0 Å². The first kappa shape index (κ1) is 6.42. The molecule has 1 aliphatic rings. The number of rotatable bonds is 3. The lowest BCUT2D eigenvalue weighted by Gasteiger charge is -2.00. The molecule has 4 nitrogen and oxygen atoms in total. The van der Waals surface area contributed by atoms with Crippen LogP contribution < -0.4 is 0 Å². The molecule has 0 aromatic carbocycles. The third kappa shape index (κ3) is 1.36. The molecular formula is C5H7NO3. The number of aliphatic imine (C=N–C) groups is 1. The Morgan fingerprint density at radius 1 is 2.00 bits per heavy atom. The summed E-state index contributed by atoms with van der Waals surface area (Å²) >= 11 is 0.